The molecule has 1 heterocycles. The molecule has 1 N–H and O–H groups in total. The number of nitrogens with one attached hydrogen (secondary N) is 1. The number of carbonyl (C=O) groups excluding carboxylic acids is 2. The molecule has 7 nitrogen and oxygen atoms in total. The number of sulfonamides is 1. The molecule has 1 atom stereocenters. The Labute approximate surface area is 179 Å². The zero-order valence-corrected chi connectivity index (χ0v) is 19.2. The maximum absolute atomic E-state index is 12.9. The van der Waals surface area contributed by atoms with Crippen molar-refractivity contribution in [1.29, 1.82) is 0 Å². The Hall–Kier alpha value is -1.93. The number of nitrogens with zero attached hydrogens (tertiary/aromatic N) is 2. The topological polar surface area (TPSA) is 86.8 Å². The minimum Gasteiger partial charge on any atom is -0.339 e. The van der Waals surface area contributed by atoms with Crippen LogP contribution in [-0.4, -0.2) is 55.1 Å². The number of anilines is 1. The minimum atomic E-state index is -3.63. The van der Waals surface area contributed by atoms with E-state index < -0.39 is 15.9 Å². The molecule has 0 spiro atoms. The molecular weight excluding hydrogens is 402 g/mol. The van der Waals surface area contributed by atoms with Crippen LogP contribution in [0.4, 0.5) is 5.69 Å². The van der Waals surface area contributed by atoms with E-state index in [1.165, 1.54) is 4.31 Å². The van der Waals surface area contributed by atoms with Crippen molar-refractivity contribution in [1.82, 2.24) is 9.21 Å². The van der Waals surface area contributed by atoms with E-state index in [0.29, 0.717) is 25.3 Å². The number of aryl methyl sites for hydroxylation is 1. The fraction of sp³-hybridized carbons (Fsp3) is 0.636. The summed E-state index contributed by atoms with van der Waals surface area (Å²) in [6.45, 7) is 8.53. The third kappa shape index (κ3) is 4.39. The maximum Gasteiger partial charge on any atom is 0.243 e. The first-order chi connectivity index (χ1) is 14.2. The SMILES string of the molecule is CCN(CC)S(=O)(=O)c1cc(C)c(C)c(NC(=O)C2CC(=O)N(C3CCCC3)C2)c1. The lowest BCUT2D eigenvalue weighted by atomic mass is 10.1. The van der Waals surface area contributed by atoms with Crippen LogP contribution < -0.4 is 5.32 Å². The van der Waals surface area contributed by atoms with Crippen molar-refractivity contribution in [3.63, 3.8) is 0 Å². The molecule has 1 unspecified atom stereocenters. The summed E-state index contributed by atoms with van der Waals surface area (Å²) in [5, 5.41) is 2.91. The lowest BCUT2D eigenvalue weighted by Gasteiger charge is -2.24. The second-order valence-corrected chi connectivity index (χ2v) is 10.3. The van der Waals surface area contributed by atoms with E-state index in [1.807, 2.05) is 18.7 Å². The zero-order chi connectivity index (χ0) is 22.1. The lowest BCUT2D eigenvalue weighted by molar-refractivity contribution is -0.129. The highest BCUT2D eigenvalue weighted by atomic mass is 32.2. The monoisotopic (exact) mass is 435 g/mol. The smallest absolute Gasteiger partial charge is 0.243 e. The fourth-order valence-corrected chi connectivity index (χ4v) is 6.10. The van der Waals surface area contributed by atoms with Crippen LogP contribution in [0.1, 0.15) is 57.1 Å². The predicted octanol–water partition coefficient (Wildman–Crippen LogP) is 3.06. The average molecular weight is 436 g/mol. The molecule has 2 fully saturated rings. The number of benzene rings is 1. The normalized spacial score (nSPS) is 20.4. The molecule has 1 aliphatic heterocycles. The van der Waals surface area contributed by atoms with Gasteiger partial charge < -0.3 is 10.2 Å². The molecule has 1 aromatic rings. The van der Waals surface area contributed by atoms with Crippen LogP contribution in [0.2, 0.25) is 0 Å². The highest BCUT2D eigenvalue weighted by Gasteiger charge is 2.38. The van der Waals surface area contributed by atoms with Crippen molar-refractivity contribution in [2.75, 3.05) is 25.0 Å². The van der Waals surface area contributed by atoms with Crippen LogP contribution in [0.5, 0.6) is 0 Å². The molecule has 0 aromatic heterocycles. The van der Waals surface area contributed by atoms with Gasteiger partial charge in [-0.15, -0.1) is 0 Å². The molecule has 0 bridgehead atoms. The molecule has 1 aliphatic carbocycles. The van der Waals surface area contributed by atoms with E-state index in [-0.39, 0.29) is 29.2 Å². The van der Waals surface area contributed by atoms with E-state index in [2.05, 4.69) is 5.32 Å². The summed E-state index contributed by atoms with van der Waals surface area (Å²) < 4.78 is 27.3. The van der Waals surface area contributed by atoms with Gasteiger partial charge in [0.05, 0.1) is 10.8 Å². The fourth-order valence-electron chi connectivity index (χ4n) is 4.53. The van der Waals surface area contributed by atoms with Crippen LogP contribution in [0.25, 0.3) is 0 Å². The van der Waals surface area contributed by atoms with Crippen molar-refractivity contribution < 1.29 is 18.0 Å². The maximum atomic E-state index is 12.9. The Bertz CT molecular complexity index is 919. The highest BCUT2D eigenvalue weighted by molar-refractivity contribution is 7.89. The van der Waals surface area contributed by atoms with Crippen molar-refractivity contribution in [2.45, 2.75) is 70.7 Å². The summed E-state index contributed by atoms with van der Waals surface area (Å²) >= 11 is 0. The van der Waals surface area contributed by atoms with Gasteiger partial charge in [0.2, 0.25) is 21.8 Å². The summed E-state index contributed by atoms with van der Waals surface area (Å²) in [5.41, 5.74) is 2.13. The molecule has 166 valence electrons. The third-order valence-corrected chi connectivity index (χ3v) is 8.56. The van der Waals surface area contributed by atoms with Crippen molar-refractivity contribution in [2.24, 2.45) is 5.92 Å². The van der Waals surface area contributed by atoms with Gasteiger partial charge in [-0.2, -0.15) is 4.31 Å². The Balaban J connectivity index is 1.80. The molecule has 1 saturated carbocycles. The Kier molecular flexibility index (Phi) is 6.87. The van der Waals surface area contributed by atoms with Crippen molar-refractivity contribution in [3.05, 3.63) is 23.3 Å². The van der Waals surface area contributed by atoms with Gasteiger partial charge in [0.15, 0.2) is 0 Å². The number of carbonyl (C=O) groups is 2. The van der Waals surface area contributed by atoms with Gasteiger partial charge in [-0.1, -0.05) is 26.7 Å². The van der Waals surface area contributed by atoms with Gasteiger partial charge in [-0.05, 0) is 49.9 Å². The van der Waals surface area contributed by atoms with Crippen LogP contribution in [0.3, 0.4) is 0 Å². The zero-order valence-electron chi connectivity index (χ0n) is 18.4. The number of likely N-dealkylation sites (tertiary alicyclic amines) is 1. The Morgan fingerprint density at radius 1 is 1.17 bits per heavy atom. The molecular formula is C22H33N3O4S. The Morgan fingerprint density at radius 3 is 2.40 bits per heavy atom. The summed E-state index contributed by atoms with van der Waals surface area (Å²) in [6.07, 6.45) is 4.53. The third-order valence-electron chi connectivity index (χ3n) is 6.54. The average Bonchev–Trinajstić information content (AvgIpc) is 3.35. The molecule has 1 saturated heterocycles. The summed E-state index contributed by atoms with van der Waals surface area (Å²) in [4.78, 5) is 27.4. The highest BCUT2D eigenvalue weighted by Crippen LogP contribution is 2.31. The molecule has 0 radical (unpaired) electrons. The van der Waals surface area contributed by atoms with Crippen LogP contribution in [-0.2, 0) is 19.6 Å². The summed E-state index contributed by atoms with van der Waals surface area (Å²) in [6, 6.07) is 3.46. The number of hydrogen-bond donors (Lipinski definition) is 1. The van der Waals surface area contributed by atoms with Crippen LogP contribution >= 0.6 is 0 Å². The first-order valence-electron chi connectivity index (χ1n) is 10.9. The van der Waals surface area contributed by atoms with E-state index in [0.717, 1.165) is 36.8 Å². The quantitative estimate of drug-likeness (QED) is 0.713. The summed E-state index contributed by atoms with van der Waals surface area (Å²) in [5.74, 6) is -0.572. The van der Waals surface area contributed by atoms with Crippen LogP contribution in [0, 0.1) is 19.8 Å². The van der Waals surface area contributed by atoms with Gasteiger partial charge in [-0.3, -0.25) is 9.59 Å². The van der Waals surface area contributed by atoms with E-state index >= 15 is 0 Å². The number of amides is 2. The van der Waals surface area contributed by atoms with Gasteiger partial charge in [0, 0.05) is 37.8 Å². The molecule has 1 aromatic carbocycles. The molecule has 30 heavy (non-hydrogen) atoms. The number of hydrogen-bond acceptors (Lipinski definition) is 4. The molecule has 3 rings (SSSR count). The van der Waals surface area contributed by atoms with Crippen molar-refractivity contribution in [3.8, 4) is 0 Å². The van der Waals surface area contributed by atoms with Crippen LogP contribution in [0.15, 0.2) is 17.0 Å². The first-order valence-corrected chi connectivity index (χ1v) is 12.3. The Morgan fingerprint density at radius 2 is 1.80 bits per heavy atom. The second kappa shape index (κ2) is 9.06. The van der Waals surface area contributed by atoms with Gasteiger partial charge in [0.25, 0.3) is 0 Å². The summed E-state index contributed by atoms with van der Waals surface area (Å²) in [7, 11) is -3.63. The van der Waals surface area contributed by atoms with E-state index in [9.17, 15) is 18.0 Å². The van der Waals surface area contributed by atoms with Crippen molar-refractivity contribution >= 4 is 27.5 Å². The molecule has 8 heteroatoms. The predicted molar refractivity (Wildman–Crippen MR) is 117 cm³/mol. The van der Waals surface area contributed by atoms with E-state index in [4.69, 9.17) is 0 Å². The molecule has 2 aliphatic rings. The molecule has 2 amide bonds. The van der Waals surface area contributed by atoms with Gasteiger partial charge >= 0.3 is 0 Å². The van der Waals surface area contributed by atoms with Gasteiger partial charge in [-0.25, -0.2) is 8.42 Å². The van der Waals surface area contributed by atoms with E-state index in [1.54, 1.807) is 26.0 Å². The largest absolute Gasteiger partial charge is 0.339 e. The van der Waals surface area contributed by atoms with Gasteiger partial charge in [0.1, 0.15) is 0 Å². The second-order valence-electron chi connectivity index (χ2n) is 8.38. The first kappa shape index (κ1) is 22.7. The number of rotatable bonds is 7. The lowest BCUT2D eigenvalue weighted by Crippen LogP contribution is -2.35. The standard InChI is InChI=1S/C22H33N3O4S/c1-5-24(6-2)30(28,29)19-11-15(3)16(4)20(13-19)23-22(27)17-12-21(26)25(14-17)18-9-7-8-10-18/h11,13,17-18H,5-10,12,14H2,1-4H3,(H,23,27). The minimum absolute atomic E-state index is 0.0489.